The third-order valence-corrected chi connectivity index (χ3v) is 5.21. The second-order valence-corrected chi connectivity index (χ2v) is 7.27. The standard InChI is InChI=1S/C19H20ClN3O2S/c1-23-18(11-14-5-3-2-4-6-14)21-22-19(23)26-13-16(24)12-25-17-9-7-15(20)8-10-17/h2-10,16,24H,11-13H2,1H3. The van der Waals surface area contributed by atoms with Crippen molar-refractivity contribution in [1.29, 1.82) is 0 Å². The van der Waals surface area contributed by atoms with E-state index in [1.165, 1.54) is 17.3 Å². The lowest BCUT2D eigenvalue weighted by atomic mass is 10.1. The first-order valence-corrected chi connectivity index (χ1v) is 9.59. The number of thioether (sulfide) groups is 1. The minimum absolute atomic E-state index is 0.212. The predicted molar refractivity (Wildman–Crippen MR) is 104 cm³/mol. The topological polar surface area (TPSA) is 60.2 Å². The van der Waals surface area contributed by atoms with Gasteiger partial charge in [-0.1, -0.05) is 53.7 Å². The summed E-state index contributed by atoms with van der Waals surface area (Å²) in [6.45, 7) is 0.212. The molecule has 0 bridgehead atoms. The molecule has 1 unspecified atom stereocenters. The van der Waals surface area contributed by atoms with E-state index < -0.39 is 6.10 Å². The summed E-state index contributed by atoms with van der Waals surface area (Å²) in [7, 11) is 1.94. The Balaban J connectivity index is 1.49. The lowest BCUT2D eigenvalue weighted by Gasteiger charge is -2.12. The van der Waals surface area contributed by atoms with Gasteiger partial charge in [0.25, 0.3) is 0 Å². The fourth-order valence-electron chi connectivity index (χ4n) is 2.35. The maximum Gasteiger partial charge on any atom is 0.191 e. The lowest BCUT2D eigenvalue weighted by molar-refractivity contribution is 0.126. The molecule has 0 amide bonds. The van der Waals surface area contributed by atoms with E-state index in [0.717, 1.165) is 17.4 Å². The van der Waals surface area contributed by atoms with Crippen molar-refractivity contribution in [2.24, 2.45) is 7.05 Å². The first-order chi connectivity index (χ1) is 12.6. The third kappa shape index (κ3) is 5.24. The Morgan fingerprint density at radius 1 is 1.12 bits per heavy atom. The summed E-state index contributed by atoms with van der Waals surface area (Å²) < 4.78 is 7.52. The third-order valence-electron chi connectivity index (χ3n) is 3.79. The van der Waals surface area contributed by atoms with Gasteiger partial charge in [-0.25, -0.2) is 0 Å². The largest absolute Gasteiger partial charge is 0.491 e. The van der Waals surface area contributed by atoms with Gasteiger partial charge in [-0.05, 0) is 29.8 Å². The van der Waals surface area contributed by atoms with Crippen molar-refractivity contribution in [1.82, 2.24) is 14.8 Å². The Kier molecular flexibility index (Phi) is 6.55. The van der Waals surface area contributed by atoms with Crippen molar-refractivity contribution in [3.8, 4) is 5.75 Å². The number of ether oxygens (including phenoxy) is 1. The summed E-state index contributed by atoms with van der Waals surface area (Å²) >= 11 is 7.30. The van der Waals surface area contributed by atoms with Crippen LogP contribution in [0.5, 0.6) is 5.75 Å². The Morgan fingerprint density at radius 2 is 1.85 bits per heavy atom. The van der Waals surface area contributed by atoms with Gasteiger partial charge in [-0.3, -0.25) is 0 Å². The highest BCUT2D eigenvalue weighted by atomic mass is 35.5. The molecule has 0 aliphatic carbocycles. The Morgan fingerprint density at radius 3 is 2.58 bits per heavy atom. The normalized spacial score (nSPS) is 12.1. The molecule has 0 radical (unpaired) electrons. The van der Waals surface area contributed by atoms with Gasteiger partial charge in [0, 0.05) is 24.2 Å². The van der Waals surface area contributed by atoms with Crippen molar-refractivity contribution in [2.45, 2.75) is 17.7 Å². The van der Waals surface area contributed by atoms with Crippen LogP contribution in [-0.2, 0) is 13.5 Å². The SMILES string of the molecule is Cn1c(Cc2ccccc2)nnc1SCC(O)COc1ccc(Cl)cc1. The smallest absolute Gasteiger partial charge is 0.191 e. The maximum absolute atomic E-state index is 10.1. The lowest BCUT2D eigenvalue weighted by Crippen LogP contribution is -2.20. The summed E-state index contributed by atoms with van der Waals surface area (Å²) in [5.74, 6) is 2.05. The van der Waals surface area contributed by atoms with Gasteiger partial charge in [0.2, 0.25) is 0 Å². The van der Waals surface area contributed by atoms with E-state index in [4.69, 9.17) is 16.3 Å². The van der Waals surface area contributed by atoms with Crippen molar-refractivity contribution in [2.75, 3.05) is 12.4 Å². The zero-order valence-electron chi connectivity index (χ0n) is 14.4. The highest BCUT2D eigenvalue weighted by Crippen LogP contribution is 2.19. The van der Waals surface area contributed by atoms with Crippen LogP contribution in [0, 0.1) is 0 Å². The number of halogens is 1. The molecule has 0 saturated heterocycles. The van der Waals surface area contributed by atoms with Gasteiger partial charge in [0.05, 0.1) is 6.10 Å². The van der Waals surface area contributed by atoms with Gasteiger partial charge in [0.15, 0.2) is 5.16 Å². The van der Waals surface area contributed by atoms with E-state index in [0.29, 0.717) is 16.5 Å². The van der Waals surface area contributed by atoms with Crippen LogP contribution in [-0.4, -0.2) is 38.3 Å². The van der Waals surface area contributed by atoms with Crippen molar-refractivity contribution in [3.05, 3.63) is 71.0 Å². The molecule has 1 heterocycles. The van der Waals surface area contributed by atoms with E-state index in [1.54, 1.807) is 24.3 Å². The number of rotatable bonds is 8. The molecule has 3 rings (SSSR count). The molecule has 1 aromatic heterocycles. The van der Waals surface area contributed by atoms with E-state index in [-0.39, 0.29) is 6.61 Å². The predicted octanol–water partition coefficient (Wildman–Crippen LogP) is 3.59. The quantitative estimate of drug-likeness (QED) is 0.596. The Hall–Kier alpha value is -2.02. The molecular formula is C19H20ClN3O2S. The fraction of sp³-hybridized carbons (Fsp3) is 0.263. The highest BCUT2D eigenvalue weighted by molar-refractivity contribution is 7.99. The van der Waals surface area contributed by atoms with Crippen LogP contribution in [0.4, 0.5) is 0 Å². The van der Waals surface area contributed by atoms with Crippen LogP contribution >= 0.6 is 23.4 Å². The molecule has 0 saturated carbocycles. The number of hydrogen-bond donors (Lipinski definition) is 1. The second kappa shape index (κ2) is 9.07. The number of benzene rings is 2. The summed E-state index contributed by atoms with van der Waals surface area (Å²) in [4.78, 5) is 0. The molecule has 0 aliphatic heterocycles. The van der Waals surface area contributed by atoms with Crippen LogP contribution < -0.4 is 4.74 Å². The second-order valence-electron chi connectivity index (χ2n) is 5.85. The van der Waals surface area contributed by atoms with Crippen LogP contribution in [0.15, 0.2) is 59.8 Å². The van der Waals surface area contributed by atoms with Gasteiger partial charge < -0.3 is 14.4 Å². The van der Waals surface area contributed by atoms with E-state index in [1.807, 2.05) is 29.8 Å². The molecule has 5 nitrogen and oxygen atoms in total. The molecule has 0 fully saturated rings. The first kappa shape index (κ1) is 18.8. The first-order valence-electron chi connectivity index (χ1n) is 8.23. The van der Waals surface area contributed by atoms with Crippen LogP contribution in [0.3, 0.4) is 0 Å². The average molecular weight is 390 g/mol. The number of nitrogens with zero attached hydrogens (tertiary/aromatic N) is 3. The molecule has 2 aromatic carbocycles. The summed E-state index contributed by atoms with van der Waals surface area (Å²) in [5, 5.41) is 20.0. The Labute approximate surface area is 162 Å². The zero-order valence-corrected chi connectivity index (χ0v) is 16.0. The van der Waals surface area contributed by atoms with Crippen molar-refractivity contribution < 1.29 is 9.84 Å². The molecule has 0 spiro atoms. The van der Waals surface area contributed by atoms with Gasteiger partial charge in [-0.15, -0.1) is 10.2 Å². The Bertz CT molecular complexity index is 825. The maximum atomic E-state index is 10.1. The number of aliphatic hydroxyl groups is 1. The van der Waals surface area contributed by atoms with Crippen molar-refractivity contribution in [3.63, 3.8) is 0 Å². The molecule has 7 heteroatoms. The van der Waals surface area contributed by atoms with Gasteiger partial charge >= 0.3 is 0 Å². The highest BCUT2D eigenvalue weighted by Gasteiger charge is 2.13. The minimum atomic E-state index is -0.607. The van der Waals surface area contributed by atoms with E-state index in [9.17, 15) is 5.11 Å². The molecule has 0 aliphatic rings. The van der Waals surface area contributed by atoms with Gasteiger partial charge in [0.1, 0.15) is 18.2 Å². The summed E-state index contributed by atoms with van der Waals surface area (Å²) in [6, 6.07) is 17.2. The molecule has 1 N–H and O–H groups in total. The zero-order chi connectivity index (χ0) is 18.4. The molecule has 1 atom stereocenters. The fourth-order valence-corrected chi connectivity index (χ4v) is 3.31. The molecule has 136 valence electrons. The van der Waals surface area contributed by atoms with Gasteiger partial charge in [-0.2, -0.15) is 0 Å². The molecule has 3 aromatic rings. The number of hydrogen-bond acceptors (Lipinski definition) is 5. The molecule has 26 heavy (non-hydrogen) atoms. The number of aromatic nitrogens is 3. The summed E-state index contributed by atoms with van der Waals surface area (Å²) in [6.07, 6.45) is 0.123. The van der Waals surface area contributed by atoms with E-state index in [2.05, 4.69) is 22.3 Å². The average Bonchev–Trinajstić information content (AvgIpc) is 3.00. The number of aliphatic hydroxyl groups excluding tert-OH is 1. The van der Waals surface area contributed by atoms with Crippen molar-refractivity contribution >= 4 is 23.4 Å². The van der Waals surface area contributed by atoms with Crippen LogP contribution in [0.25, 0.3) is 0 Å². The summed E-state index contributed by atoms with van der Waals surface area (Å²) in [5.41, 5.74) is 1.19. The molecular weight excluding hydrogens is 370 g/mol. The van der Waals surface area contributed by atoms with Crippen LogP contribution in [0.2, 0.25) is 5.02 Å². The monoisotopic (exact) mass is 389 g/mol. The van der Waals surface area contributed by atoms with E-state index >= 15 is 0 Å². The minimum Gasteiger partial charge on any atom is -0.491 e. The van der Waals surface area contributed by atoms with Crippen LogP contribution in [0.1, 0.15) is 11.4 Å².